The maximum Gasteiger partial charge on any atom is 0.311 e. The summed E-state index contributed by atoms with van der Waals surface area (Å²) in [6, 6.07) is 0. The maximum absolute atomic E-state index is 12.1. The summed E-state index contributed by atoms with van der Waals surface area (Å²) in [7, 11) is 0. The number of carboxylic acid groups (broad SMARTS) is 1. The molecule has 1 fully saturated rings. The smallest absolute Gasteiger partial charge is 0.311 e. The van der Waals surface area contributed by atoms with Gasteiger partial charge in [-0.2, -0.15) is 0 Å². The van der Waals surface area contributed by atoms with Crippen molar-refractivity contribution in [2.75, 3.05) is 13.1 Å². The quantitative estimate of drug-likeness (QED) is 0.712. The Morgan fingerprint density at radius 3 is 2.71 bits per heavy atom. The van der Waals surface area contributed by atoms with Gasteiger partial charge in [0.05, 0.1) is 11.7 Å². The Bertz CT molecular complexity index is 506. The molecule has 0 aliphatic heterocycles. The van der Waals surface area contributed by atoms with E-state index in [4.69, 9.17) is 5.73 Å². The lowest BCUT2D eigenvalue weighted by Gasteiger charge is -2.33. The van der Waals surface area contributed by atoms with E-state index in [-0.39, 0.29) is 12.5 Å². The first-order chi connectivity index (χ1) is 10.1. The zero-order chi connectivity index (χ0) is 15.3. The topological polar surface area (TPSA) is 110 Å². The lowest BCUT2D eigenvalue weighted by molar-refractivity contribution is -0.150. The number of hydrogen-bond donors (Lipinski definition) is 3. The van der Waals surface area contributed by atoms with Crippen LogP contribution in [0.5, 0.6) is 0 Å². The molecule has 1 aromatic rings. The third kappa shape index (κ3) is 3.60. The van der Waals surface area contributed by atoms with E-state index >= 15 is 0 Å². The molecule has 0 saturated heterocycles. The summed E-state index contributed by atoms with van der Waals surface area (Å²) < 4.78 is 1.74. The summed E-state index contributed by atoms with van der Waals surface area (Å²) in [5.41, 5.74) is 4.90. The number of aliphatic carboxylic acids is 1. The van der Waals surface area contributed by atoms with Crippen molar-refractivity contribution in [2.45, 2.75) is 38.6 Å². The molecule has 7 nitrogen and oxygen atoms in total. The second-order valence-corrected chi connectivity index (χ2v) is 5.61. The summed E-state index contributed by atoms with van der Waals surface area (Å²) in [5.74, 6) is -1.16. The molecule has 1 aromatic heterocycles. The first-order valence-electron chi connectivity index (χ1n) is 7.31. The Kier molecular flexibility index (Phi) is 4.95. The first kappa shape index (κ1) is 15.5. The number of hydrogen-bond acceptors (Lipinski definition) is 4. The van der Waals surface area contributed by atoms with Gasteiger partial charge in [0.2, 0.25) is 0 Å². The lowest BCUT2D eigenvalue weighted by Crippen LogP contribution is -2.44. The predicted octanol–water partition coefficient (Wildman–Crippen LogP) is 0.607. The minimum absolute atomic E-state index is 0.158. The molecular formula is C14H22N4O3. The maximum atomic E-state index is 12.1. The molecule has 0 radical (unpaired) electrons. The molecule has 1 aliphatic rings. The summed E-state index contributed by atoms with van der Waals surface area (Å²) in [6.07, 6.45) is 7.26. The number of rotatable bonds is 6. The molecule has 1 saturated carbocycles. The minimum atomic E-state index is -0.826. The zero-order valence-electron chi connectivity index (χ0n) is 12.0. The fourth-order valence-electron chi connectivity index (χ4n) is 2.78. The van der Waals surface area contributed by atoms with Crippen LogP contribution in [0.4, 0.5) is 0 Å². The van der Waals surface area contributed by atoms with Crippen molar-refractivity contribution >= 4 is 11.9 Å². The number of nitrogens with one attached hydrogen (secondary N) is 1. The Morgan fingerprint density at radius 2 is 2.10 bits per heavy atom. The fraction of sp³-hybridized carbons (Fsp3) is 0.643. The predicted molar refractivity (Wildman–Crippen MR) is 76.8 cm³/mol. The highest BCUT2D eigenvalue weighted by molar-refractivity contribution is 5.92. The van der Waals surface area contributed by atoms with Gasteiger partial charge in [0.25, 0.3) is 5.91 Å². The molecule has 0 atom stereocenters. The monoisotopic (exact) mass is 294 g/mol. The highest BCUT2D eigenvalue weighted by atomic mass is 16.4. The number of nitrogens with two attached hydrogens (primary N) is 1. The van der Waals surface area contributed by atoms with E-state index in [1.165, 1.54) is 0 Å². The van der Waals surface area contributed by atoms with Crippen LogP contribution in [-0.4, -0.2) is 39.6 Å². The molecule has 7 heteroatoms. The zero-order valence-corrected chi connectivity index (χ0v) is 12.0. The third-order valence-corrected chi connectivity index (χ3v) is 4.10. The lowest BCUT2D eigenvalue weighted by atomic mass is 9.74. The Hall–Kier alpha value is -1.89. The number of carbonyl (C=O) groups is 2. The van der Waals surface area contributed by atoms with Crippen molar-refractivity contribution in [1.29, 1.82) is 0 Å². The van der Waals surface area contributed by atoms with Gasteiger partial charge in [0.1, 0.15) is 5.69 Å². The van der Waals surface area contributed by atoms with Gasteiger partial charge in [-0.05, 0) is 12.8 Å². The second kappa shape index (κ2) is 6.71. The molecule has 1 aliphatic carbocycles. The summed E-state index contributed by atoms with van der Waals surface area (Å²) >= 11 is 0. The van der Waals surface area contributed by atoms with E-state index in [2.05, 4.69) is 10.3 Å². The molecule has 0 bridgehead atoms. The number of carbonyl (C=O) groups excluding carboxylic acids is 1. The van der Waals surface area contributed by atoms with E-state index in [9.17, 15) is 14.7 Å². The molecular weight excluding hydrogens is 272 g/mol. The van der Waals surface area contributed by atoms with Crippen LogP contribution in [0.15, 0.2) is 12.5 Å². The molecule has 2 rings (SSSR count). The van der Waals surface area contributed by atoms with Gasteiger partial charge >= 0.3 is 5.97 Å². The van der Waals surface area contributed by atoms with Crippen LogP contribution < -0.4 is 11.1 Å². The van der Waals surface area contributed by atoms with Gasteiger partial charge in [-0.1, -0.05) is 19.3 Å². The largest absolute Gasteiger partial charge is 0.481 e. The van der Waals surface area contributed by atoms with Crippen molar-refractivity contribution in [3.63, 3.8) is 0 Å². The molecule has 1 amide bonds. The average Bonchev–Trinajstić information content (AvgIpc) is 2.95. The van der Waals surface area contributed by atoms with Gasteiger partial charge in [-0.3, -0.25) is 9.59 Å². The Balaban J connectivity index is 1.96. The second-order valence-electron chi connectivity index (χ2n) is 5.61. The molecule has 21 heavy (non-hydrogen) atoms. The summed E-state index contributed by atoms with van der Waals surface area (Å²) in [6.45, 7) is 1.23. The van der Waals surface area contributed by atoms with Crippen LogP contribution in [-0.2, 0) is 11.3 Å². The van der Waals surface area contributed by atoms with Gasteiger partial charge < -0.3 is 20.7 Å². The molecule has 0 aromatic carbocycles. The number of aromatic nitrogens is 2. The van der Waals surface area contributed by atoms with Crippen LogP contribution >= 0.6 is 0 Å². The van der Waals surface area contributed by atoms with Gasteiger partial charge in [0, 0.05) is 25.8 Å². The molecule has 1 heterocycles. The third-order valence-electron chi connectivity index (χ3n) is 4.10. The van der Waals surface area contributed by atoms with Gasteiger partial charge in [-0.15, -0.1) is 0 Å². The van der Waals surface area contributed by atoms with E-state index in [1.54, 1.807) is 17.1 Å². The van der Waals surface area contributed by atoms with Crippen molar-refractivity contribution in [1.82, 2.24) is 14.9 Å². The SMILES string of the molecule is NCCn1cnc(C(=O)NCC2(C(=O)O)CCCCC2)c1. The summed E-state index contributed by atoms with van der Waals surface area (Å²) in [5, 5.41) is 12.2. The molecule has 0 spiro atoms. The molecule has 0 unspecified atom stereocenters. The average molecular weight is 294 g/mol. The van der Waals surface area contributed by atoms with Crippen molar-refractivity contribution < 1.29 is 14.7 Å². The number of carboxylic acids is 1. The highest BCUT2D eigenvalue weighted by Crippen LogP contribution is 2.36. The minimum Gasteiger partial charge on any atom is -0.481 e. The van der Waals surface area contributed by atoms with Crippen LogP contribution in [0.3, 0.4) is 0 Å². The normalized spacial score (nSPS) is 17.4. The number of amides is 1. The molecule has 116 valence electrons. The fourth-order valence-corrected chi connectivity index (χ4v) is 2.78. The highest BCUT2D eigenvalue weighted by Gasteiger charge is 2.39. The number of imidazole rings is 1. The van der Waals surface area contributed by atoms with Crippen LogP contribution in [0, 0.1) is 5.41 Å². The Morgan fingerprint density at radius 1 is 1.38 bits per heavy atom. The van der Waals surface area contributed by atoms with Gasteiger partial charge in [0.15, 0.2) is 0 Å². The van der Waals surface area contributed by atoms with E-state index in [1.807, 2.05) is 0 Å². The Labute approximate surface area is 123 Å². The van der Waals surface area contributed by atoms with E-state index in [0.717, 1.165) is 19.3 Å². The standard InChI is InChI=1S/C14H22N4O3/c15-6-7-18-8-11(17-10-18)12(19)16-9-14(13(20)21)4-2-1-3-5-14/h8,10H,1-7,9,15H2,(H,16,19)(H,20,21). The van der Waals surface area contributed by atoms with Gasteiger partial charge in [-0.25, -0.2) is 4.98 Å². The first-order valence-corrected chi connectivity index (χ1v) is 7.31. The van der Waals surface area contributed by atoms with Crippen LogP contribution in [0.1, 0.15) is 42.6 Å². The van der Waals surface area contributed by atoms with Crippen molar-refractivity contribution in [3.8, 4) is 0 Å². The molecule has 4 N–H and O–H groups in total. The van der Waals surface area contributed by atoms with E-state index in [0.29, 0.717) is 31.6 Å². The van der Waals surface area contributed by atoms with Crippen LogP contribution in [0.25, 0.3) is 0 Å². The van der Waals surface area contributed by atoms with Crippen LogP contribution in [0.2, 0.25) is 0 Å². The number of nitrogens with zero attached hydrogens (tertiary/aromatic N) is 2. The summed E-state index contributed by atoms with van der Waals surface area (Å²) in [4.78, 5) is 27.6. The van der Waals surface area contributed by atoms with E-state index < -0.39 is 11.4 Å². The van der Waals surface area contributed by atoms with Crippen molar-refractivity contribution in [3.05, 3.63) is 18.2 Å². The van der Waals surface area contributed by atoms with Crippen molar-refractivity contribution in [2.24, 2.45) is 11.1 Å².